The van der Waals surface area contributed by atoms with E-state index in [0.717, 1.165) is 99.3 Å². The van der Waals surface area contributed by atoms with E-state index in [1.54, 1.807) is 0 Å². The molecular weight excluding hydrogens is 671 g/mol. The number of aromatic nitrogens is 3. The number of para-hydroxylation sites is 3. The Bertz CT molecular complexity index is 3240. The van der Waals surface area contributed by atoms with Gasteiger partial charge in [-0.3, -0.25) is 0 Å². The second-order valence-corrected chi connectivity index (χ2v) is 14.0. The van der Waals surface area contributed by atoms with E-state index >= 15 is 0 Å². The monoisotopic (exact) mass is 701 g/mol. The van der Waals surface area contributed by atoms with Gasteiger partial charge in [-0.2, -0.15) is 0 Å². The van der Waals surface area contributed by atoms with Crippen molar-refractivity contribution >= 4 is 54.5 Å². The molecule has 0 radical (unpaired) electrons. The van der Waals surface area contributed by atoms with E-state index in [4.69, 9.17) is 19.4 Å². The van der Waals surface area contributed by atoms with Gasteiger partial charge in [0, 0.05) is 49.0 Å². The molecule has 0 aliphatic heterocycles. The fourth-order valence-electron chi connectivity index (χ4n) is 7.97. The Kier molecular flexibility index (Phi) is 7.14. The summed E-state index contributed by atoms with van der Waals surface area (Å²) in [7, 11) is 0. The summed E-state index contributed by atoms with van der Waals surface area (Å²) >= 11 is 0. The summed E-state index contributed by atoms with van der Waals surface area (Å²) in [6.45, 7) is 0. The molecule has 0 saturated carbocycles. The van der Waals surface area contributed by atoms with E-state index in [-0.39, 0.29) is 0 Å². The molecule has 0 fully saturated rings. The van der Waals surface area contributed by atoms with Gasteiger partial charge in [0.25, 0.3) is 0 Å². The number of pyridine rings is 1. The lowest BCUT2D eigenvalue weighted by molar-refractivity contribution is 0.673. The highest BCUT2D eigenvalue weighted by molar-refractivity contribution is 6.24. The SMILES string of the molecule is c1ccc(-c2cccc(-c3nc(-c4ccc(-c5ccc(-c6nc7ccccc7c7c6ccc6c8ccccc8oc67)cc5)cc4)nc4ccccc34)c2)cc1. The van der Waals surface area contributed by atoms with Crippen molar-refractivity contribution in [2.24, 2.45) is 0 Å². The molecule has 3 aromatic heterocycles. The van der Waals surface area contributed by atoms with Crippen molar-refractivity contribution in [2.75, 3.05) is 0 Å². The van der Waals surface area contributed by atoms with Crippen LogP contribution >= 0.6 is 0 Å². The van der Waals surface area contributed by atoms with Crippen molar-refractivity contribution in [1.29, 1.82) is 0 Å². The summed E-state index contributed by atoms with van der Waals surface area (Å²) in [5.74, 6) is 0.702. The van der Waals surface area contributed by atoms with Crippen LogP contribution in [0.1, 0.15) is 0 Å². The first kappa shape index (κ1) is 31.1. The maximum Gasteiger partial charge on any atom is 0.160 e. The molecule has 0 aliphatic rings. The van der Waals surface area contributed by atoms with Gasteiger partial charge in [-0.05, 0) is 52.6 Å². The minimum atomic E-state index is 0.702. The summed E-state index contributed by atoms with van der Waals surface area (Å²) in [5, 5.41) is 6.53. The summed E-state index contributed by atoms with van der Waals surface area (Å²) < 4.78 is 6.52. The van der Waals surface area contributed by atoms with Crippen LogP contribution in [0.3, 0.4) is 0 Å². The third-order valence-corrected chi connectivity index (χ3v) is 10.7. The third-order valence-electron chi connectivity index (χ3n) is 10.7. The topological polar surface area (TPSA) is 51.8 Å². The minimum absolute atomic E-state index is 0.702. The predicted octanol–water partition coefficient (Wildman–Crippen LogP) is 13.6. The lowest BCUT2D eigenvalue weighted by Crippen LogP contribution is -1.95. The van der Waals surface area contributed by atoms with Gasteiger partial charge in [0.2, 0.25) is 0 Å². The van der Waals surface area contributed by atoms with Crippen LogP contribution in [-0.4, -0.2) is 15.0 Å². The zero-order valence-electron chi connectivity index (χ0n) is 29.6. The molecule has 11 aromatic rings. The lowest BCUT2D eigenvalue weighted by Gasteiger charge is -2.12. The largest absolute Gasteiger partial charge is 0.455 e. The summed E-state index contributed by atoms with van der Waals surface area (Å²) in [5.41, 5.74) is 13.2. The molecule has 0 saturated heterocycles. The molecule has 8 aromatic carbocycles. The van der Waals surface area contributed by atoms with Crippen LogP contribution in [-0.2, 0) is 0 Å². The zero-order chi connectivity index (χ0) is 36.3. The number of hydrogen-bond donors (Lipinski definition) is 0. The fourth-order valence-corrected chi connectivity index (χ4v) is 7.97. The normalized spacial score (nSPS) is 11.6. The van der Waals surface area contributed by atoms with Crippen LogP contribution in [0.4, 0.5) is 0 Å². The number of fused-ring (bicyclic) bond motifs is 8. The van der Waals surface area contributed by atoms with E-state index < -0.39 is 0 Å². The van der Waals surface area contributed by atoms with Crippen molar-refractivity contribution in [3.05, 3.63) is 188 Å². The average Bonchev–Trinajstić information content (AvgIpc) is 3.65. The van der Waals surface area contributed by atoms with Gasteiger partial charge in [-0.15, -0.1) is 0 Å². The summed E-state index contributed by atoms with van der Waals surface area (Å²) in [6.07, 6.45) is 0. The van der Waals surface area contributed by atoms with Gasteiger partial charge in [0.05, 0.1) is 22.4 Å². The van der Waals surface area contributed by atoms with Gasteiger partial charge in [0.15, 0.2) is 5.82 Å². The van der Waals surface area contributed by atoms with Crippen molar-refractivity contribution in [3.8, 4) is 56.2 Å². The molecule has 0 atom stereocenters. The first-order chi connectivity index (χ1) is 27.2. The molecule has 0 aliphatic carbocycles. The standard InChI is InChI=1S/C51H31N3O/c1-2-11-32(12-3-1)37-13-10-14-38(31-37)49-42-17-5-8-19-45(42)53-51(54-49)36-27-23-34(24-28-36)33-21-25-35(26-22-33)48-43-30-29-40-39-15-6-9-20-46(39)55-50(40)47(43)41-16-4-7-18-44(41)52-48/h1-31H. The zero-order valence-corrected chi connectivity index (χ0v) is 29.6. The minimum Gasteiger partial charge on any atom is -0.455 e. The predicted molar refractivity (Wildman–Crippen MR) is 227 cm³/mol. The van der Waals surface area contributed by atoms with Crippen LogP contribution in [0, 0.1) is 0 Å². The second-order valence-electron chi connectivity index (χ2n) is 14.0. The lowest BCUT2D eigenvalue weighted by atomic mass is 9.96. The van der Waals surface area contributed by atoms with Crippen LogP contribution in [0.25, 0.3) is 111 Å². The highest BCUT2D eigenvalue weighted by Gasteiger charge is 2.18. The number of rotatable bonds is 5. The fraction of sp³-hybridized carbons (Fsp3) is 0. The maximum atomic E-state index is 6.52. The first-order valence-electron chi connectivity index (χ1n) is 18.5. The molecule has 4 nitrogen and oxygen atoms in total. The van der Waals surface area contributed by atoms with Gasteiger partial charge in [-0.25, -0.2) is 15.0 Å². The smallest absolute Gasteiger partial charge is 0.160 e. The summed E-state index contributed by atoms with van der Waals surface area (Å²) in [6, 6.07) is 65.5. The Morgan fingerprint density at radius 1 is 0.309 bits per heavy atom. The van der Waals surface area contributed by atoms with E-state index in [2.05, 4.69) is 152 Å². The number of hydrogen-bond acceptors (Lipinski definition) is 4. The van der Waals surface area contributed by atoms with Crippen LogP contribution < -0.4 is 0 Å². The van der Waals surface area contributed by atoms with Crippen molar-refractivity contribution in [2.45, 2.75) is 0 Å². The molecule has 3 heterocycles. The van der Waals surface area contributed by atoms with Crippen LogP contribution in [0.5, 0.6) is 0 Å². The molecule has 0 spiro atoms. The van der Waals surface area contributed by atoms with Gasteiger partial charge in [-0.1, -0.05) is 158 Å². The van der Waals surface area contributed by atoms with Gasteiger partial charge in [0.1, 0.15) is 11.2 Å². The number of furan rings is 1. The second kappa shape index (κ2) is 12.6. The Balaban J connectivity index is 0.955. The van der Waals surface area contributed by atoms with Crippen molar-refractivity contribution in [3.63, 3.8) is 0 Å². The summed E-state index contributed by atoms with van der Waals surface area (Å²) in [4.78, 5) is 15.4. The van der Waals surface area contributed by atoms with Crippen molar-refractivity contribution < 1.29 is 4.42 Å². The van der Waals surface area contributed by atoms with Crippen LogP contribution in [0.15, 0.2) is 192 Å². The number of benzene rings is 8. The highest BCUT2D eigenvalue weighted by atomic mass is 16.3. The molecule has 0 amide bonds. The molecule has 0 N–H and O–H groups in total. The van der Waals surface area contributed by atoms with E-state index in [9.17, 15) is 0 Å². The van der Waals surface area contributed by atoms with E-state index in [1.807, 2.05) is 36.4 Å². The molecule has 55 heavy (non-hydrogen) atoms. The van der Waals surface area contributed by atoms with Crippen LogP contribution in [0.2, 0.25) is 0 Å². The van der Waals surface area contributed by atoms with Crippen molar-refractivity contribution in [1.82, 2.24) is 15.0 Å². The third kappa shape index (κ3) is 5.26. The van der Waals surface area contributed by atoms with E-state index in [1.165, 1.54) is 5.56 Å². The molecule has 0 bridgehead atoms. The quantitative estimate of drug-likeness (QED) is 0.168. The Hall–Kier alpha value is -7.43. The Labute approximate surface area is 317 Å². The van der Waals surface area contributed by atoms with E-state index in [0.29, 0.717) is 5.82 Å². The molecule has 0 unspecified atom stereocenters. The highest BCUT2D eigenvalue weighted by Crippen LogP contribution is 2.41. The molecule has 11 rings (SSSR count). The molecule has 4 heteroatoms. The maximum absolute atomic E-state index is 6.52. The Morgan fingerprint density at radius 2 is 0.855 bits per heavy atom. The molecular formula is C51H31N3O. The number of nitrogens with zero attached hydrogens (tertiary/aromatic N) is 3. The van der Waals surface area contributed by atoms with Gasteiger partial charge >= 0.3 is 0 Å². The Morgan fingerprint density at radius 3 is 1.64 bits per heavy atom. The molecule has 256 valence electrons. The average molecular weight is 702 g/mol. The van der Waals surface area contributed by atoms with Gasteiger partial charge < -0.3 is 4.42 Å². The first-order valence-corrected chi connectivity index (χ1v) is 18.5.